The van der Waals surface area contributed by atoms with Gasteiger partial charge in [0.25, 0.3) is 0 Å². The number of carbonyl (C=O) groups excluding carboxylic acids is 1. The highest BCUT2D eigenvalue weighted by molar-refractivity contribution is 6.33. The molecule has 1 fully saturated rings. The van der Waals surface area contributed by atoms with Gasteiger partial charge in [0.2, 0.25) is 11.8 Å². The van der Waals surface area contributed by atoms with Crippen LogP contribution in [0.4, 0.5) is 15.8 Å². The van der Waals surface area contributed by atoms with Gasteiger partial charge in [-0.2, -0.15) is 0 Å². The molecule has 0 radical (unpaired) electrons. The number of aromatic carboxylic acids is 1. The van der Waals surface area contributed by atoms with Crippen LogP contribution in [0, 0.1) is 5.82 Å². The highest BCUT2D eigenvalue weighted by atomic mass is 35.5. The van der Waals surface area contributed by atoms with Crippen LogP contribution in [-0.2, 0) is 22.6 Å². The number of pyridine rings is 1. The first kappa shape index (κ1) is 30.3. The third-order valence-electron chi connectivity index (χ3n) is 6.87. The Morgan fingerprint density at radius 2 is 1.91 bits per heavy atom. The molecule has 43 heavy (non-hydrogen) atoms. The van der Waals surface area contributed by atoms with E-state index in [-0.39, 0.29) is 30.6 Å². The molecule has 11 heteroatoms. The smallest absolute Gasteiger partial charge is 0.335 e. The van der Waals surface area contributed by atoms with Gasteiger partial charge in [0.15, 0.2) is 0 Å². The van der Waals surface area contributed by atoms with E-state index in [2.05, 4.69) is 15.6 Å². The number of benzene rings is 3. The van der Waals surface area contributed by atoms with Crippen LogP contribution in [0.25, 0.3) is 11.3 Å². The molecule has 0 bridgehead atoms. The highest BCUT2D eigenvalue weighted by Crippen LogP contribution is 2.30. The zero-order valence-electron chi connectivity index (χ0n) is 22.9. The zero-order chi connectivity index (χ0) is 30.3. The minimum absolute atomic E-state index is 0.0220. The molecule has 1 aromatic heterocycles. The standard InChI is InChI=1S/C32H28Cl2FN3O5/c33-22-9-7-21(26(35)16-22)18-43-31-5-1-4-27(38-31)24-10-6-19(13-25(24)34)14-30(39)37-28-11-8-20(32(40)41)15-29(28)36-17-23-3-2-12-42-23/h1,4-11,13,15-16,23,36H,2-3,12,14,17-18H2,(H,37,39)(H,40,41)/t23-/m0/s1. The molecule has 1 aliphatic heterocycles. The Labute approximate surface area is 257 Å². The minimum atomic E-state index is -1.06. The second-order valence-corrected chi connectivity index (χ2v) is 10.8. The van der Waals surface area contributed by atoms with Crippen LogP contribution in [0.2, 0.25) is 10.0 Å². The van der Waals surface area contributed by atoms with Crippen molar-refractivity contribution < 1.29 is 28.6 Å². The van der Waals surface area contributed by atoms with E-state index < -0.39 is 11.8 Å². The average molecular weight is 624 g/mol. The molecule has 2 heterocycles. The van der Waals surface area contributed by atoms with Gasteiger partial charge in [0.05, 0.1) is 40.2 Å². The largest absolute Gasteiger partial charge is 0.478 e. The highest BCUT2D eigenvalue weighted by Gasteiger charge is 2.18. The number of nitrogens with one attached hydrogen (secondary N) is 2. The number of halogens is 3. The Balaban J connectivity index is 1.24. The summed E-state index contributed by atoms with van der Waals surface area (Å²) in [5.41, 5.74) is 3.29. The van der Waals surface area contributed by atoms with E-state index in [4.69, 9.17) is 32.7 Å². The predicted molar refractivity (Wildman–Crippen MR) is 164 cm³/mol. The second-order valence-electron chi connectivity index (χ2n) is 10.0. The first-order valence-electron chi connectivity index (χ1n) is 13.6. The number of nitrogens with zero attached hydrogens (tertiary/aromatic N) is 1. The van der Waals surface area contributed by atoms with Gasteiger partial charge in [-0.25, -0.2) is 14.2 Å². The van der Waals surface area contributed by atoms with E-state index in [9.17, 15) is 19.1 Å². The van der Waals surface area contributed by atoms with E-state index in [1.165, 1.54) is 18.2 Å². The quantitative estimate of drug-likeness (QED) is 0.161. The van der Waals surface area contributed by atoms with Crippen molar-refractivity contribution in [2.75, 3.05) is 23.8 Å². The fraction of sp³-hybridized carbons (Fsp3) is 0.219. The van der Waals surface area contributed by atoms with Gasteiger partial charge < -0.3 is 25.2 Å². The van der Waals surface area contributed by atoms with E-state index >= 15 is 0 Å². The Bertz CT molecular complexity index is 1650. The topological polar surface area (TPSA) is 110 Å². The lowest BCUT2D eigenvalue weighted by Gasteiger charge is -2.17. The third-order valence-corrected chi connectivity index (χ3v) is 7.42. The number of ether oxygens (including phenoxy) is 2. The summed E-state index contributed by atoms with van der Waals surface area (Å²) >= 11 is 12.4. The summed E-state index contributed by atoms with van der Waals surface area (Å²) < 4.78 is 25.4. The Hall–Kier alpha value is -4.18. The molecule has 4 aromatic rings. The average Bonchev–Trinajstić information content (AvgIpc) is 3.50. The summed E-state index contributed by atoms with van der Waals surface area (Å²) in [6, 6.07) is 19.3. The number of carboxylic acid groups (broad SMARTS) is 1. The molecule has 1 amide bonds. The van der Waals surface area contributed by atoms with Gasteiger partial charge in [-0.05, 0) is 60.9 Å². The third kappa shape index (κ3) is 8.01. The molecule has 0 aliphatic carbocycles. The number of rotatable bonds is 11. The monoisotopic (exact) mass is 623 g/mol. The SMILES string of the molecule is O=C(Cc1ccc(-c2cccc(OCc3ccc(Cl)cc3F)n2)c(Cl)c1)Nc1ccc(C(=O)O)cc1NC[C@@H]1CCCO1. The molecule has 8 nitrogen and oxygen atoms in total. The van der Waals surface area contributed by atoms with Crippen molar-refractivity contribution in [1.29, 1.82) is 0 Å². The van der Waals surface area contributed by atoms with Crippen LogP contribution >= 0.6 is 23.2 Å². The van der Waals surface area contributed by atoms with Crippen LogP contribution < -0.4 is 15.4 Å². The Morgan fingerprint density at radius 1 is 1.05 bits per heavy atom. The Morgan fingerprint density at radius 3 is 2.65 bits per heavy atom. The van der Waals surface area contributed by atoms with Gasteiger partial charge in [0.1, 0.15) is 12.4 Å². The van der Waals surface area contributed by atoms with Gasteiger partial charge in [-0.3, -0.25) is 4.79 Å². The molecule has 1 atom stereocenters. The maximum atomic E-state index is 14.1. The van der Waals surface area contributed by atoms with Crippen molar-refractivity contribution in [3.05, 3.63) is 105 Å². The summed E-state index contributed by atoms with van der Waals surface area (Å²) in [4.78, 5) is 29.0. The summed E-state index contributed by atoms with van der Waals surface area (Å²) in [6.07, 6.45) is 1.97. The molecular weight excluding hydrogens is 596 g/mol. The summed E-state index contributed by atoms with van der Waals surface area (Å²) in [5, 5.41) is 16.2. The van der Waals surface area contributed by atoms with Crippen molar-refractivity contribution >= 4 is 46.5 Å². The number of carbonyl (C=O) groups is 2. The molecule has 1 aliphatic rings. The molecule has 1 saturated heterocycles. The minimum Gasteiger partial charge on any atom is -0.478 e. The summed E-state index contributed by atoms with van der Waals surface area (Å²) in [7, 11) is 0. The first-order valence-corrected chi connectivity index (χ1v) is 14.4. The number of hydrogen-bond donors (Lipinski definition) is 3. The van der Waals surface area contributed by atoms with Crippen molar-refractivity contribution in [2.45, 2.75) is 32.0 Å². The van der Waals surface area contributed by atoms with Gasteiger partial charge in [-0.1, -0.05) is 47.5 Å². The molecule has 222 valence electrons. The van der Waals surface area contributed by atoms with Crippen LogP contribution in [0.5, 0.6) is 5.88 Å². The van der Waals surface area contributed by atoms with Crippen LogP contribution in [0.1, 0.15) is 34.3 Å². The summed E-state index contributed by atoms with van der Waals surface area (Å²) in [6.45, 7) is 1.18. The van der Waals surface area contributed by atoms with Gasteiger partial charge in [0, 0.05) is 35.4 Å². The molecule has 0 unspecified atom stereocenters. The maximum Gasteiger partial charge on any atom is 0.335 e. The van der Waals surface area contributed by atoms with Gasteiger partial charge >= 0.3 is 5.97 Å². The van der Waals surface area contributed by atoms with Crippen molar-refractivity contribution in [3.8, 4) is 17.1 Å². The first-order chi connectivity index (χ1) is 20.7. The maximum absolute atomic E-state index is 14.1. The number of carboxylic acids is 1. The predicted octanol–water partition coefficient (Wildman–Crippen LogP) is 7.24. The fourth-order valence-corrected chi connectivity index (χ4v) is 5.11. The molecular formula is C32H28Cl2FN3O5. The fourth-order valence-electron chi connectivity index (χ4n) is 4.65. The van der Waals surface area contributed by atoms with E-state index in [0.29, 0.717) is 62.8 Å². The molecule has 3 N–H and O–H groups in total. The Kier molecular flexibility index (Phi) is 9.76. The van der Waals surface area contributed by atoms with Crippen LogP contribution in [0.15, 0.2) is 72.8 Å². The molecule has 5 rings (SSSR count). The van der Waals surface area contributed by atoms with Crippen molar-refractivity contribution in [3.63, 3.8) is 0 Å². The van der Waals surface area contributed by atoms with E-state index in [1.807, 2.05) is 0 Å². The lowest BCUT2D eigenvalue weighted by Crippen LogP contribution is -2.21. The lowest BCUT2D eigenvalue weighted by atomic mass is 10.1. The number of amides is 1. The van der Waals surface area contributed by atoms with Gasteiger partial charge in [-0.15, -0.1) is 0 Å². The van der Waals surface area contributed by atoms with Crippen molar-refractivity contribution in [2.24, 2.45) is 0 Å². The van der Waals surface area contributed by atoms with Crippen LogP contribution in [0.3, 0.4) is 0 Å². The number of aromatic nitrogens is 1. The second kappa shape index (κ2) is 13.9. The zero-order valence-corrected chi connectivity index (χ0v) is 24.4. The van der Waals surface area contributed by atoms with E-state index in [1.54, 1.807) is 54.6 Å². The molecule has 0 spiro atoms. The normalized spacial score (nSPS) is 14.3. The number of hydrogen-bond acceptors (Lipinski definition) is 6. The van der Waals surface area contributed by atoms with Crippen molar-refractivity contribution in [1.82, 2.24) is 4.98 Å². The molecule has 3 aromatic carbocycles. The number of anilines is 2. The lowest BCUT2D eigenvalue weighted by molar-refractivity contribution is -0.115. The summed E-state index contributed by atoms with van der Waals surface area (Å²) in [5.74, 6) is -1.52. The van der Waals surface area contributed by atoms with Crippen LogP contribution in [-0.4, -0.2) is 41.2 Å². The van der Waals surface area contributed by atoms with E-state index in [0.717, 1.165) is 12.8 Å². The molecule has 0 saturated carbocycles.